The van der Waals surface area contributed by atoms with Crippen LogP contribution in [0.3, 0.4) is 0 Å². The van der Waals surface area contributed by atoms with Crippen LogP contribution in [-0.2, 0) is 53.6 Å². The highest BCUT2D eigenvalue weighted by Crippen LogP contribution is 2.66. The normalized spacial score (nSPS) is 35.3. The lowest BCUT2D eigenvalue weighted by Gasteiger charge is -2.69. The maximum absolute atomic E-state index is 14.2. The molecule has 4 aliphatic rings. The minimum absolute atomic E-state index is 0.123. The highest BCUT2D eigenvalue weighted by molar-refractivity contribution is 7.75. The monoisotopic (exact) mass is 784 g/mol. The topological polar surface area (TPSA) is 190 Å². The lowest BCUT2D eigenvalue weighted by Crippen LogP contribution is -2.82. The second kappa shape index (κ2) is 14.7. The van der Waals surface area contributed by atoms with Crippen molar-refractivity contribution in [3.63, 3.8) is 0 Å². The molecule has 0 amide bonds. The number of rotatable bonds is 9. The van der Waals surface area contributed by atoms with E-state index in [1.165, 1.54) is 26.0 Å². The number of benzene rings is 2. The van der Waals surface area contributed by atoms with Gasteiger partial charge in [0.1, 0.15) is 35.8 Å². The maximum atomic E-state index is 14.2. The van der Waals surface area contributed by atoms with E-state index in [4.69, 9.17) is 32.1 Å². The summed E-state index contributed by atoms with van der Waals surface area (Å²) in [5.41, 5.74) is -5.56. The number of fused-ring (bicyclic) bond motifs is 5. The number of aliphatic hydroxyl groups is 2. The highest BCUT2D eigenvalue weighted by Gasteiger charge is 2.78. The van der Waals surface area contributed by atoms with Crippen molar-refractivity contribution in [1.82, 2.24) is 0 Å². The van der Waals surface area contributed by atoms with E-state index in [0.717, 1.165) is 12.5 Å². The molecule has 2 N–H and O–H groups in total. The largest absolute Gasteiger partial charge is 0.458 e. The molecule has 1 aliphatic heterocycles. The van der Waals surface area contributed by atoms with Gasteiger partial charge in [-0.15, -0.1) is 0 Å². The molecule has 9 unspecified atom stereocenters. The Hall–Kier alpha value is -4.15. The predicted molar refractivity (Wildman–Crippen MR) is 194 cm³/mol. The van der Waals surface area contributed by atoms with Crippen LogP contribution in [0.2, 0.25) is 0 Å². The molecule has 2 bridgehead atoms. The van der Waals surface area contributed by atoms with Crippen molar-refractivity contribution < 1.29 is 65.7 Å². The first-order valence-corrected chi connectivity index (χ1v) is 19.1. The fourth-order valence-electron chi connectivity index (χ4n) is 9.37. The molecule has 2 aromatic rings. The summed E-state index contributed by atoms with van der Waals surface area (Å²) in [7, 11) is 0. The molecule has 3 aliphatic carbocycles. The van der Waals surface area contributed by atoms with Crippen LogP contribution in [0.25, 0.3) is 0 Å². The third-order valence-corrected chi connectivity index (χ3v) is 12.8. The molecule has 298 valence electrons. The van der Waals surface area contributed by atoms with Gasteiger partial charge in [0.25, 0.3) is 0 Å². The van der Waals surface area contributed by atoms with Gasteiger partial charge in [-0.2, -0.15) is 4.21 Å². The van der Waals surface area contributed by atoms with Crippen molar-refractivity contribution in [1.29, 1.82) is 0 Å². The van der Waals surface area contributed by atoms with Crippen LogP contribution >= 0.6 is 0 Å². The number of esters is 4. The zero-order valence-corrected chi connectivity index (χ0v) is 32.9. The van der Waals surface area contributed by atoms with E-state index >= 15 is 0 Å². The van der Waals surface area contributed by atoms with Crippen molar-refractivity contribution >= 4 is 35.2 Å². The zero-order valence-electron chi connectivity index (χ0n) is 32.1. The van der Waals surface area contributed by atoms with Gasteiger partial charge in [-0.05, 0) is 49.3 Å². The molecule has 0 aromatic heterocycles. The van der Waals surface area contributed by atoms with Crippen molar-refractivity contribution in [2.45, 2.75) is 116 Å². The van der Waals surface area contributed by atoms with Gasteiger partial charge in [-0.1, -0.05) is 56.7 Å². The number of aryl methyl sites for hydroxylation is 1. The molecule has 0 spiro atoms. The van der Waals surface area contributed by atoms with Gasteiger partial charge >= 0.3 is 35.2 Å². The average Bonchev–Trinajstić information content (AvgIpc) is 3.10. The van der Waals surface area contributed by atoms with E-state index in [2.05, 4.69) is 0 Å². The van der Waals surface area contributed by atoms with Gasteiger partial charge in [-0.25, -0.2) is 4.79 Å². The van der Waals surface area contributed by atoms with Gasteiger partial charge < -0.3 is 38.1 Å². The summed E-state index contributed by atoms with van der Waals surface area (Å²) in [5, 5.41) is 26.5. The maximum Gasteiger partial charge on any atom is 0.360 e. The lowest BCUT2D eigenvalue weighted by molar-refractivity contribution is -0.362. The summed E-state index contributed by atoms with van der Waals surface area (Å²) in [5.74, 6) is -4.24. The molecule has 1 heterocycles. The van der Waals surface area contributed by atoms with Crippen molar-refractivity contribution in [2.75, 3.05) is 6.61 Å². The smallest absolute Gasteiger partial charge is 0.360 e. The van der Waals surface area contributed by atoms with Crippen LogP contribution in [0, 0.1) is 23.7 Å². The van der Waals surface area contributed by atoms with Crippen LogP contribution in [0.15, 0.2) is 65.7 Å². The van der Waals surface area contributed by atoms with Gasteiger partial charge in [0, 0.05) is 44.4 Å². The lowest BCUT2D eigenvalue weighted by atomic mass is 9.44. The predicted octanol–water partition coefficient (Wildman–Crippen LogP) is 4.01. The summed E-state index contributed by atoms with van der Waals surface area (Å²) in [4.78, 5) is 52.8. The first-order valence-electron chi connectivity index (χ1n) is 18.1. The van der Waals surface area contributed by atoms with E-state index in [0.29, 0.717) is 5.57 Å². The highest BCUT2D eigenvalue weighted by atomic mass is 32.2. The number of aliphatic hydroxyl groups excluding tert-OH is 1. The van der Waals surface area contributed by atoms with E-state index in [9.17, 15) is 33.6 Å². The van der Waals surface area contributed by atoms with E-state index < -0.39 is 99.8 Å². The van der Waals surface area contributed by atoms with Gasteiger partial charge in [0.15, 0.2) is 11.7 Å². The van der Waals surface area contributed by atoms with Crippen LogP contribution in [0.4, 0.5) is 0 Å². The molecule has 14 nitrogen and oxygen atoms in total. The Morgan fingerprint density at radius 1 is 0.873 bits per heavy atom. The second-order valence-corrected chi connectivity index (χ2v) is 16.5. The molecule has 15 heteroatoms. The Morgan fingerprint density at radius 3 is 2.07 bits per heavy atom. The summed E-state index contributed by atoms with van der Waals surface area (Å²) < 4.78 is 56.0. The number of hydrogen-bond donors (Lipinski definition) is 2. The van der Waals surface area contributed by atoms with Gasteiger partial charge in [0.05, 0.1) is 24.2 Å². The molecule has 11 atom stereocenters. The van der Waals surface area contributed by atoms with E-state index in [-0.39, 0.29) is 36.3 Å². The molecule has 55 heavy (non-hydrogen) atoms. The summed E-state index contributed by atoms with van der Waals surface area (Å²) in [6, 6.07) is 14.8. The minimum atomic E-state index is -2.51. The quantitative estimate of drug-likeness (QED) is 0.211. The SMILES string of the molecule is CC(=O)OC1CC2(O)C(OC(=O)c3ccccc3)C3[C@]4(OC(C)=O)COC4CC(OS(=O)Oc4ccc(C)cc4)[C@@]3(C)C(O)C(OC(C)=O)C(=C1C)C2(C)C. The summed E-state index contributed by atoms with van der Waals surface area (Å²) in [6.07, 6.45) is -8.89. The Bertz CT molecular complexity index is 1890. The third-order valence-electron chi connectivity index (χ3n) is 12.1. The molecule has 3 fully saturated rings. The van der Waals surface area contributed by atoms with Crippen LogP contribution in [0.5, 0.6) is 5.75 Å². The molecule has 1 saturated heterocycles. The fraction of sp³-hybridized carbons (Fsp3) is 0.550. The molecule has 0 radical (unpaired) electrons. The molecular formula is C40H48O14S. The Balaban J connectivity index is 1.63. The van der Waals surface area contributed by atoms with Crippen molar-refractivity contribution in [2.24, 2.45) is 16.7 Å². The number of carbonyl (C=O) groups excluding carboxylic acids is 4. The number of carbonyl (C=O) groups is 4. The minimum Gasteiger partial charge on any atom is -0.458 e. The van der Waals surface area contributed by atoms with E-state index in [1.54, 1.807) is 70.2 Å². The Labute approximate surface area is 322 Å². The summed E-state index contributed by atoms with van der Waals surface area (Å²) >= 11 is -2.51. The van der Waals surface area contributed by atoms with Crippen LogP contribution in [0.1, 0.15) is 77.2 Å². The summed E-state index contributed by atoms with van der Waals surface area (Å²) in [6.45, 7) is 11.7. The zero-order chi connectivity index (χ0) is 40.2. The van der Waals surface area contributed by atoms with Crippen LogP contribution in [-0.4, -0.2) is 92.7 Å². The second-order valence-electron chi connectivity index (χ2n) is 15.7. The molecular weight excluding hydrogens is 736 g/mol. The number of hydrogen-bond acceptors (Lipinski definition) is 14. The van der Waals surface area contributed by atoms with Crippen molar-refractivity contribution in [3.05, 3.63) is 76.9 Å². The first-order chi connectivity index (χ1) is 25.8. The Morgan fingerprint density at radius 2 is 1.51 bits per heavy atom. The van der Waals surface area contributed by atoms with E-state index in [1.807, 2.05) is 6.92 Å². The molecule has 2 aromatic carbocycles. The van der Waals surface area contributed by atoms with Gasteiger partial charge in [0.2, 0.25) is 0 Å². The van der Waals surface area contributed by atoms with Crippen LogP contribution < -0.4 is 4.18 Å². The Kier molecular flexibility index (Phi) is 10.9. The number of ether oxygens (including phenoxy) is 5. The average molecular weight is 785 g/mol. The molecule has 6 rings (SSSR count). The standard InChI is InChI=1S/C40H48O14S/c1-21-14-16-27(17-15-21)53-55(47)54-29-18-30-39(20-48-30,52-25(5)43)33-35(51-36(45)26-12-10-9-11-13-26)40(46)19-28(49-23(3)41)22(2)31(37(40,6)7)32(50-24(4)42)34(44)38(29,33)8/h9-17,28-30,32-35,44,46H,18-20H2,1-8H3/t28?,29?,30?,32?,33?,34?,35?,38-,39+,40?,55?/m1/s1. The molecule has 2 saturated carbocycles. The first kappa shape index (κ1) is 40.5. The fourth-order valence-corrected chi connectivity index (χ4v) is 10.2. The van der Waals surface area contributed by atoms with Crippen molar-refractivity contribution in [3.8, 4) is 5.75 Å². The van der Waals surface area contributed by atoms with Gasteiger partial charge in [-0.3, -0.25) is 18.6 Å². The third kappa shape index (κ3) is 6.87.